The minimum Gasteiger partial charge on any atom is -0.346 e. The predicted octanol–water partition coefficient (Wildman–Crippen LogP) is 3.89. The van der Waals surface area contributed by atoms with Crippen molar-refractivity contribution in [2.75, 3.05) is 5.32 Å². The normalized spacial score (nSPS) is 10.2. The summed E-state index contributed by atoms with van der Waals surface area (Å²) in [5.41, 5.74) is 0.776. The molecule has 0 spiro atoms. The summed E-state index contributed by atoms with van der Waals surface area (Å²) in [7, 11) is 0. The summed E-state index contributed by atoms with van der Waals surface area (Å²) >= 11 is 5.05. The minimum atomic E-state index is -0.695. The molecule has 0 aromatic heterocycles. The molecule has 2 aromatic rings. The number of anilines is 1. The molecule has 0 atom stereocenters. The van der Waals surface area contributed by atoms with Crippen molar-refractivity contribution >= 4 is 22.9 Å². The SMILES string of the molecule is Fc1ccc(C(=S)Nc2cc(F)cc(F)c2)cc1. The van der Waals surface area contributed by atoms with Crippen LogP contribution in [0.3, 0.4) is 0 Å². The largest absolute Gasteiger partial charge is 0.346 e. The van der Waals surface area contributed by atoms with Gasteiger partial charge in [0.25, 0.3) is 0 Å². The number of hydrogen-bond donors (Lipinski definition) is 1. The smallest absolute Gasteiger partial charge is 0.128 e. The van der Waals surface area contributed by atoms with E-state index in [1.165, 1.54) is 24.3 Å². The molecule has 0 saturated heterocycles. The van der Waals surface area contributed by atoms with Gasteiger partial charge >= 0.3 is 0 Å². The van der Waals surface area contributed by atoms with E-state index in [9.17, 15) is 13.2 Å². The van der Waals surface area contributed by atoms with Crippen LogP contribution in [-0.4, -0.2) is 4.99 Å². The molecule has 2 rings (SSSR count). The Balaban J connectivity index is 2.18. The molecule has 92 valence electrons. The maximum absolute atomic E-state index is 13.0. The lowest BCUT2D eigenvalue weighted by Crippen LogP contribution is -2.10. The molecule has 0 amide bonds. The average Bonchev–Trinajstić information content (AvgIpc) is 2.28. The van der Waals surface area contributed by atoms with Gasteiger partial charge in [0.1, 0.15) is 22.4 Å². The van der Waals surface area contributed by atoms with Gasteiger partial charge < -0.3 is 5.32 Å². The molecule has 0 bridgehead atoms. The highest BCUT2D eigenvalue weighted by Crippen LogP contribution is 2.14. The summed E-state index contributed by atoms with van der Waals surface area (Å²) < 4.78 is 38.6. The Morgan fingerprint density at radius 1 is 0.833 bits per heavy atom. The van der Waals surface area contributed by atoms with Crippen LogP contribution in [0.4, 0.5) is 18.9 Å². The van der Waals surface area contributed by atoms with E-state index >= 15 is 0 Å². The molecule has 0 heterocycles. The topological polar surface area (TPSA) is 12.0 Å². The fraction of sp³-hybridized carbons (Fsp3) is 0. The molecule has 0 radical (unpaired) electrons. The number of hydrogen-bond acceptors (Lipinski definition) is 1. The monoisotopic (exact) mass is 267 g/mol. The zero-order valence-corrected chi connectivity index (χ0v) is 9.90. The van der Waals surface area contributed by atoms with Gasteiger partial charge in [0.2, 0.25) is 0 Å². The van der Waals surface area contributed by atoms with E-state index < -0.39 is 11.6 Å². The molecule has 2 aromatic carbocycles. The molecule has 1 nitrogen and oxygen atoms in total. The highest BCUT2D eigenvalue weighted by molar-refractivity contribution is 7.81. The Hall–Kier alpha value is -1.88. The van der Waals surface area contributed by atoms with Gasteiger partial charge in [-0.3, -0.25) is 0 Å². The lowest BCUT2D eigenvalue weighted by molar-refractivity contribution is 0.584. The highest BCUT2D eigenvalue weighted by Gasteiger charge is 2.05. The molecule has 0 saturated carbocycles. The summed E-state index contributed by atoms with van der Waals surface area (Å²) in [4.78, 5) is 0.264. The molecule has 5 heteroatoms. The van der Waals surface area contributed by atoms with Crippen molar-refractivity contribution in [1.29, 1.82) is 0 Å². The Morgan fingerprint density at radius 3 is 1.94 bits per heavy atom. The van der Waals surface area contributed by atoms with Gasteiger partial charge in [0.15, 0.2) is 0 Å². The molecule has 0 aliphatic heterocycles. The van der Waals surface area contributed by atoms with Gasteiger partial charge in [0.05, 0.1) is 0 Å². The summed E-state index contributed by atoms with van der Waals surface area (Å²) in [5, 5.41) is 2.69. The Morgan fingerprint density at radius 2 is 1.39 bits per heavy atom. The number of rotatable bonds is 2. The predicted molar refractivity (Wildman–Crippen MR) is 68.1 cm³/mol. The minimum absolute atomic E-state index is 0.210. The summed E-state index contributed by atoms with van der Waals surface area (Å²) in [6.45, 7) is 0. The molecule has 0 aliphatic rings. The third-order valence-electron chi connectivity index (χ3n) is 2.23. The Bertz CT molecular complexity index is 561. The van der Waals surface area contributed by atoms with Gasteiger partial charge in [-0.25, -0.2) is 13.2 Å². The van der Waals surface area contributed by atoms with Crippen molar-refractivity contribution in [3.05, 3.63) is 65.5 Å². The first-order valence-electron chi connectivity index (χ1n) is 5.07. The third-order valence-corrected chi connectivity index (χ3v) is 2.56. The van der Waals surface area contributed by atoms with Crippen LogP contribution < -0.4 is 5.32 Å². The fourth-order valence-corrected chi connectivity index (χ4v) is 1.68. The second-order valence-electron chi connectivity index (χ2n) is 3.62. The number of benzene rings is 2. The maximum Gasteiger partial charge on any atom is 0.128 e. The van der Waals surface area contributed by atoms with E-state index in [-0.39, 0.29) is 16.5 Å². The van der Waals surface area contributed by atoms with Crippen LogP contribution in [0, 0.1) is 17.5 Å². The molecule has 1 N–H and O–H groups in total. The summed E-state index contributed by atoms with van der Waals surface area (Å²) in [6.07, 6.45) is 0. The van der Waals surface area contributed by atoms with E-state index in [0.29, 0.717) is 5.56 Å². The van der Waals surface area contributed by atoms with Crippen LogP contribution in [0.2, 0.25) is 0 Å². The zero-order valence-electron chi connectivity index (χ0n) is 9.08. The number of nitrogens with one attached hydrogen (secondary N) is 1. The van der Waals surface area contributed by atoms with E-state index in [0.717, 1.165) is 18.2 Å². The molecule has 0 aliphatic carbocycles. The van der Waals surface area contributed by atoms with Crippen molar-refractivity contribution in [2.24, 2.45) is 0 Å². The molecular formula is C13H8F3NS. The van der Waals surface area contributed by atoms with Crippen LogP contribution in [-0.2, 0) is 0 Å². The lowest BCUT2D eigenvalue weighted by atomic mass is 10.2. The standard InChI is InChI=1S/C13H8F3NS/c14-9-3-1-8(2-4-9)13(18)17-12-6-10(15)5-11(16)7-12/h1-7H,(H,17,18). The highest BCUT2D eigenvalue weighted by atomic mass is 32.1. The number of thiocarbonyl (C=S) groups is 1. The van der Waals surface area contributed by atoms with Crippen molar-refractivity contribution in [3.63, 3.8) is 0 Å². The number of halogens is 3. The first-order chi connectivity index (χ1) is 8.54. The Kier molecular flexibility index (Phi) is 3.62. The Labute approximate surface area is 107 Å². The van der Waals surface area contributed by atoms with Crippen molar-refractivity contribution in [1.82, 2.24) is 0 Å². The van der Waals surface area contributed by atoms with E-state index in [1.54, 1.807) is 0 Å². The average molecular weight is 267 g/mol. The zero-order chi connectivity index (χ0) is 13.1. The van der Waals surface area contributed by atoms with Gasteiger partial charge in [-0.2, -0.15) is 0 Å². The van der Waals surface area contributed by atoms with E-state index in [2.05, 4.69) is 5.32 Å². The fourth-order valence-electron chi connectivity index (χ4n) is 1.43. The van der Waals surface area contributed by atoms with Gasteiger partial charge in [-0.15, -0.1) is 0 Å². The quantitative estimate of drug-likeness (QED) is 0.828. The second-order valence-corrected chi connectivity index (χ2v) is 4.03. The molecular weight excluding hydrogens is 259 g/mol. The summed E-state index contributed by atoms with van der Waals surface area (Å²) in [5.74, 6) is -1.77. The molecule has 0 fully saturated rings. The van der Waals surface area contributed by atoms with Crippen molar-refractivity contribution in [2.45, 2.75) is 0 Å². The maximum atomic E-state index is 13.0. The van der Waals surface area contributed by atoms with Crippen LogP contribution in [0.1, 0.15) is 5.56 Å². The molecule has 0 unspecified atom stereocenters. The van der Waals surface area contributed by atoms with Crippen molar-refractivity contribution in [3.8, 4) is 0 Å². The van der Waals surface area contributed by atoms with Crippen LogP contribution in [0.25, 0.3) is 0 Å². The van der Waals surface area contributed by atoms with E-state index in [1.807, 2.05) is 0 Å². The third kappa shape index (κ3) is 3.07. The van der Waals surface area contributed by atoms with Gasteiger partial charge in [-0.05, 0) is 36.4 Å². The second kappa shape index (κ2) is 5.18. The molecule has 18 heavy (non-hydrogen) atoms. The van der Waals surface area contributed by atoms with Gasteiger partial charge in [-0.1, -0.05) is 12.2 Å². The van der Waals surface area contributed by atoms with Crippen molar-refractivity contribution < 1.29 is 13.2 Å². The lowest BCUT2D eigenvalue weighted by Gasteiger charge is -2.08. The van der Waals surface area contributed by atoms with Gasteiger partial charge in [0, 0.05) is 17.3 Å². The van der Waals surface area contributed by atoms with E-state index in [4.69, 9.17) is 12.2 Å². The van der Waals surface area contributed by atoms with Crippen LogP contribution in [0.5, 0.6) is 0 Å². The first-order valence-corrected chi connectivity index (χ1v) is 5.48. The van der Waals surface area contributed by atoms with Crippen LogP contribution >= 0.6 is 12.2 Å². The first kappa shape index (κ1) is 12.6. The summed E-state index contributed by atoms with van der Waals surface area (Å²) in [6, 6.07) is 8.51. The van der Waals surface area contributed by atoms with Crippen LogP contribution in [0.15, 0.2) is 42.5 Å².